The van der Waals surface area contributed by atoms with Gasteiger partial charge in [-0.05, 0) is 57.3 Å². The van der Waals surface area contributed by atoms with E-state index < -0.39 is 0 Å². The minimum Gasteiger partial charge on any atom is -0.494 e. The number of aromatic hydroxyl groups is 1. The molecule has 0 aliphatic heterocycles. The summed E-state index contributed by atoms with van der Waals surface area (Å²) in [4.78, 5) is 22.2. The second-order valence-electron chi connectivity index (χ2n) is 9.37. The summed E-state index contributed by atoms with van der Waals surface area (Å²) in [6, 6.07) is 23.6. The number of hydrogen-bond donors (Lipinski definition) is 3. The smallest absolute Gasteiger partial charge is 0.296 e. The number of aromatic amines is 1. The van der Waals surface area contributed by atoms with Crippen molar-refractivity contribution in [1.82, 2.24) is 15.2 Å². The van der Waals surface area contributed by atoms with Crippen LogP contribution in [0.2, 0.25) is 0 Å². The van der Waals surface area contributed by atoms with Gasteiger partial charge in [-0.15, -0.1) is 0 Å². The molecule has 1 atom stereocenters. The zero-order valence-corrected chi connectivity index (χ0v) is 21.7. The van der Waals surface area contributed by atoms with Gasteiger partial charge in [0.1, 0.15) is 0 Å². The molecule has 0 saturated heterocycles. The Balaban J connectivity index is 1.73. The number of carbonyl (C=O) groups excluding carboxylic acids is 1. The fraction of sp³-hybridized carbons (Fsp3) is 0.226. The minimum atomic E-state index is -0.306. The van der Waals surface area contributed by atoms with Crippen LogP contribution in [0.25, 0.3) is 10.9 Å². The van der Waals surface area contributed by atoms with Crippen LogP contribution in [0.1, 0.15) is 42.5 Å². The van der Waals surface area contributed by atoms with E-state index in [9.17, 15) is 9.90 Å². The van der Waals surface area contributed by atoms with Crippen LogP contribution in [0, 0.1) is 11.8 Å². The van der Waals surface area contributed by atoms with Crippen molar-refractivity contribution in [3.63, 3.8) is 0 Å². The van der Waals surface area contributed by atoms with Gasteiger partial charge in [0.15, 0.2) is 5.88 Å². The van der Waals surface area contributed by atoms with Crippen molar-refractivity contribution < 1.29 is 9.90 Å². The fourth-order valence-electron chi connectivity index (χ4n) is 4.02. The van der Waals surface area contributed by atoms with Crippen molar-refractivity contribution in [1.29, 1.82) is 0 Å². The summed E-state index contributed by atoms with van der Waals surface area (Å²) in [5.74, 6) is 5.28. The molecule has 6 nitrogen and oxygen atoms in total. The Morgan fingerprint density at radius 1 is 1.08 bits per heavy atom. The Bertz CT molecular complexity index is 1470. The number of nitrogens with zero attached hydrogens (tertiary/aromatic N) is 2. The van der Waals surface area contributed by atoms with E-state index in [0.717, 1.165) is 29.6 Å². The maximum absolute atomic E-state index is 12.1. The number of H-pyrrole nitrogens is 1. The maximum atomic E-state index is 12.1. The third-order valence-electron chi connectivity index (χ3n) is 6.05. The van der Waals surface area contributed by atoms with E-state index >= 15 is 0 Å². The summed E-state index contributed by atoms with van der Waals surface area (Å²) in [6.45, 7) is 4.80. The summed E-state index contributed by atoms with van der Waals surface area (Å²) in [7, 11) is 4.08. The van der Waals surface area contributed by atoms with Gasteiger partial charge in [0, 0.05) is 35.0 Å². The fourth-order valence-corrected chi connectivity index (χ4v) is 4.02. The molecule has 0 spiro atoms. The molecule has 0 bridgehead atoms. The highest BCUT2D eigenvalue weighted by atomic mass is 16.3. The van der Waals surface area contributed by atoms with Crippen molar-refractivity contribution >= 4 is 28.2 Å². The molecule has 0 saturated carbocycles. The number of nitrogens with one attached hydrogen (secondary N) is 2. The van der Waals surface area contributed by atoms with Gasteiger partial charge in [-0.25, -0.2) is 4.99 Å². The van der Waals surface area contributed by atoms with Crippen LogP contribution in [0.5, 0.6) is 5.88 Å². The predicted molar refractivity (Wildman–Crippen MR) is 150 cm³/mol. The molecule has 0 fully saturated rings. The topological polar surface area (TPSA) is 80.7 Å². The van der Waals surface area contributed by atoms with Crippen LogP contribution < -0.4 is 5.32 Å². The molecule has 0 aliphatic rings. The molecule has 3 N–H and O–H groups in total. The average Bonchev–Trinajstić information content (AvgIpc) is 3.21. The normalized spacial score (nSPS) is 12.3. The van der Waals surface area contributed by atoms with E-state index in [4.69, 9.17) is 4.99 Å². The zero-order chi connectivity index (χ0) is 26.4. The number of benzene rings is 3. The lowest BCUT2D eigenvalue weighted by atomic mass is 10.00. The number of fused-ring (bicyclic) bond motifs is 1. The highest BCUT2D eigenvalue weighted by Crippen LogP contribution is 2.32. The highest BCUT2D eigenvalue weighted by molar-refractivity contribution is 6.22. The first-order valence-corrected chi connectivity index (χ1v) is 12.4. The van der Waals surface area contributed by atoms with E-state index in [1.54, 1.807) is 0 Å². The molecule has 1 heterocycles. The van der Waals surface area contributed by atoms with Crippen LogP contribution >= 0.6 is 0 Å². The third kappa shape index (κ3) is 6.46. The first-order valence-electron chi connectivity index (χ1n) is 12.4. The molecule has 188 valence electrons. The van der Waals surface area contributed by atoms with Crippen LogP contribution in [0.4, 0.5) is 5.69 Å². The summed E-state index contributed by atoms with van der Waals surface area (Å²) in [6.07, 6.45) is 0.843. The van der Waals surface area contributed by atoms with Crippen LogP contribution in [0.15, 0.2) is 77.8 Å². The van der Waals surface area contributed by atoms with Crippen molar-refractivity contribution in [2.45, 2.75) is 32.9 Å². The van der Waals surface area contributed by atoms with E-state index in [2.05, 4.69) is 39.2 Å². The Labute approximate surface area is 218 Å². The zero-order valence-electron chi connectivity index (χ0n) is 21.7. The number of aliphatic imine (C=N–C) groups is 1. The molecule has 1 aromatic heterocycles. The Morgan fingerprint density at radius 3 is 2.49 bits per heavy atom. The lowest BCUT2D eigenvalue weighted by Gasteiger charge is -2.10. The lowest BCUT2D eigenvalue weighted by Crippen LogP contribution is -2.30. The Kier molecular flexibility index (Phi) is 8.07. The summed E-state index contributed by atoms with van der Waals surface area (Å²) < 4.78 is 0. The van der Waals surface area contributed by atoms with Crippen LogP contribution in [0.3, 0.4) is 0 Å². The van der Waals surface area contributed by atoms with Crippen molar-refractivity contribution in [2.75, 3.05) is 14.1 Å². The number of amides is 1. The van der Waals surface area contributed by atoms with Gasteiger partial charge in [-0.1, -0.05) is 61.4 Å². The lowest BCUT2D eigenvalue weighted by molar-refractivity contribution is -0.116. The van der Waals surface area contributed by atoms with Gasteiger partial charge in [-0.2, -0.15) is 0 Å². The predicted octanol–water partition coefficient (Wildman–Crippen LogP) is 5.37. The first-order chi connectivity index (χ1) is 17.8. The van der Waals surface area contributed by atoms with E-state index in [1.807, 2.05) is 88.6 Å². The largest absolute Gasteiger partial charge is 0.494 e. The second kappa shape index (κ2) is 11.6. The average molecular weight is 493 g/mol. The molecule has 0 radical (unpaired) electrons. The Morgan fingerprint density at radius 2 is 1.81 bits per heavy atom. The summed E-state index contributed by atoms with van der Waals surface area (Å²) >= 11 is 0. The molecular formula is C31H32N4O2. The van der Waals surface area contributed by atoms with E-state index in [-0.39, 0.29) is 17.8 Å². The van der Waals surface area contributed by atoms with Crippen molar-refractivity contribution in [3.05, 3.63) is 95.1 Å². The molecule has 0 aliphatic carbocycles. The van der Waals surface area contributed by atoms with E-state index in [0.29, 0.717) is 22.4 Å². The molecule has 6 heteroatoms. The molecule has 4 rings (SSSR count). The van der Waals surface area contributed by atoms with Gasteiger partial charge in [0.2, 0.25) is 0 Å². The number of aromatic nitrogens is 1. The van der Waals surface area contributed by atoms with Gasteiger partial charge >= 0.3 is 0 Å². The number of rotatable bonds is 7. The Hall–Kier alpha value is -4.34. The summed E-state index contributed by atoms with van der Waals surface area (Å²) in [5, 5.41) is 14.6. The number of hydrogen-bond acceptors (Lipinski definition) is 4. The van der Waals surface area contributed by atoms with E-state index in [1.165, 1.54) is 5.56 Å². The van der Waals surface area contributed by atoms with Gasteiger partial charge in [-0.3, -0.25) is 4.79 Å². The molecule has 1 amide bonds. The standard InChI is InChI=1S/C31H32N4O2/c1-5-21(2)32-28(36)18-14-22-13-17-26-27(19-22)34-31(37)29(26)30(24-9-7-6-8-10-24)33-25-15-11-23(12-16-25)20-35(3)4/h6-13,15-17,19,21,34,37H,5,20H2,1-4H3,(H,32,36). The molecule has 4 aromatic rings. The molecular weight excluding hydrogens is 460 g/mol. The minimum absolute atomic E-state index is 0.0291. The molecule has 1 unspecified atom stereocenters. The molecule has 37 heavy (non-hydrogen) atoms. The highest BCUT2D eigenvalue weighted by Gasteiger charge is 2.19. The van der Waals surface area contributed by atoms with Crippen molar-refractivity contribution in [3.8, 4) is 17.7 Å². The first kappa shape index (κ1) is 25.7. The molecule has 3 aromatic carbocycles. The maximum Gasteiger partial charge on any atom is 0.296 e. The summed E-state index contributed by atoms with van der Waals surface area (Å²) in [5.41, 5.74) is 5.56. The van der Waals surface area contributed by atoms with Gasteiger partial charge in [0.25, 0.3) is 5.91 Å². The number of carbonyl (C=O) groups is 1. The van der Waals surface area contributed by atoms with Crippen molar-refractivity contribution in [2.24, 2.45) is 4.99 Å². The second-order valence-corrected chi connectivity index (χ2v) is 9.37. The van der Waals surface area contributed by atoms with Crippen LogP contribution in [-0.4, -0.2) is 46.7 Å². The quantitative estimate of drug-likeness (QED) is 0.240. The third-order valence-corrected chi connectivity index (χ3v) is 6.05. The van der Waals surface area contributed by atoms with Crippen LogP contribution in [-0.2, 0) is 11.3 Å². The van der Waals surface area contributed by atoms with Gasteiger partial charge < -0.3 is 20.3 Å². The monoisotopic (exact) mass is 492 g/mol. The SMILES string of the molecule is CCC(C)NC(=O)C#Cc1ccc2c(C(=Nc3ccc(CN(C)C)cc3)c3ccccc3)c(O)[nH]c2c1. The van der Waals surface area contributed by atoms with Gasteiger partial charge in [0.05, 0.1) is 22.5 Å².